The molecule has 4 N–H and O–H groups in total. The van der Waals surface area contributed by atoms with E-state index in [1.54, 1.807) is 0 Å². The normalized spacial score (nSPS) is 38.0. The van der Waals surface area contributed by atoms with Gasteiger partial charge >= 0.3 is 0 Å². The van der Waals surface area contributed by atoms with Gasteiger partial charge in [-0.25, -0.2) is 0 Å². The van der Waals surface area contributed by atoms with E-state index >= 15 is 0 Å². The molecule has 0 radical (unpaired) electrons. The van der Waals surface area contributed by atoms with E-state index in [1.807, 2.05) is 13.8 Å². The Kier molecular flexibility index (Phi) is 7.89. The second kappa shape index (κ2) is 9.91. The Morgan fingerprint density at radius 2 is 1.97 bits per heavy atom. The highest BCUT2D eigenvalue weighted by Gasteiger charge is 2.53. The number of aliphatic hydroxyl groups is 4. The standard InChI is InChI=1S/C27H44O4/c1-18(7-5-13-26(3,4)31)23-11-12-24-20(8-6-14-27(23,24)17-28)9-10-21-15-22(29)16-25(30)19(21)2/h9-10,18,22-25,28-31H,2,5-8,11-17H2,1,3-4H3/b20-9+,21-10-/t18-,22-,23-,24?,25?,27+/m1/s1. The van der Waals surface area contributed by atoms with E-state index in [0.29, 0.717) is 30.6 Å². The maximum absolute atomic E-state index is 10.6. The topological polar surface area (TPSA) is 80.9 Å². The van der Waals surface area contributed by atoms with E-state index in [2.05, 4.69) is 25.7 Å². The lowest BCUT2D eigenvalue weighted by atomic mass is 9.60. The molecule has 3 saturated carbocycles. The second-order valence-electron chi connectivity index (χ2n) is 11.2. The summed E-state index contributed by atoms with van der Waals surface area (Å²) in [6, 6.07) is 0. The van der Waals surface area contributed by atoms with Crippen LogP contribution in [0, 0.1) is 23.2 Å². The van der Waals surface area contributed by atoms with Gasteiger partial charge in [0.15, 0.2) is 0 Å². The molecule has 0 spiro atoms. The molecule has 3 aliphatic carbocycles. The summed E-state index contributed by atoms with van der Waals surface area (Å²) in [7, 11) is 0. The molecule has 0 aliphatic heterocycles. The van der Waals surface area contributed by atoms with Gasteiger partial charge in [0.25, 0.3) is 0 Å². The third-order valence-corrected chi connectivity index (χ3v) is 8.45. The predicted octanol–water partition coefficient (Wildman–Crippen LogP) is 4.68. The Labute approximate surface area is 188 Å². The highest BCUT2D eigenvalue weighted by molar-refractivity contribution is 5.38. The van der Waals surface area contributed by atoms with E-state index in [1.165, 1.54) is 5.57 Å². The number of hydrogen-bond donors (Lipinski definition) is 4. The van der Waals surface area contributed by atoms with Crippen LogP contribution in [-0.2, 0) is 0 Å². The molecule has 0 aromatic heterocycles. The average Bonchev–Trinajstić information content (AvgIpc) is 3.09. The molecule has 176 valence electrons. The summed E-state index contributed by atoms with van der Waals surface area (Å²) in [6.07, 6.45) is 12.5. The van der Waals surface area contributed by atoms with Crippen LogP contribution in [0.1, 0.15) is 85.0 Å². The molecule has 3 fully saturated rings. The van der Waals surface area contributed by atoms with Crippen LogP contribution in [-0.4, -0.2) is 44.8 Å². The smallest absolute Gasteiger partial charge is 0.0811 e. The monoisotopic (exact) mass is 432 g/mol. The van der Waals surface area contributed by atoms with Gasteiger partial charge in [0.1, 0.15) is 0 Å². The van der Waals surface area contributed by atoms with Crippen LogP contribution in [0.5, 0.6) is 0 Å². The summed E-state index contributed by atoms with van der Waals surface area (Å²) in [5, 5.41) is 40.8. The fraction of sp³-hybridized carbons (Fsp3) is 0.778. The maximum atomic E-state index is 10.6. The summed E-state index contributed by atoms with van der Waals surface area (Å²) in [6.45, 7) is 10.4. The van der Waals surface area contributed by atoms with Gasteiger partial charge in [-0.2, -0.15) is 0 Å². The highest BCUT2D eigenvalue weighted by atomic mass is 16.3. The first-order valence-corrected chi connectivity index (χ1v) is 12.4. The molecule has 2 unspecified atom stereocenters. The molecule has 4 nitrogen and oxygen atoms in total. The number of hydrogen-bond acceptors (Lipinski definition) is 4. The van der Waals surface area contributed by atoms with E-state index in [9.17, 15) is 20.4 Å². The van der Waals surface area contributed by atoms with Gasteiger partial charge in [-0.3, -0.25) is 0 Å². The minimum absolute atomic E-state index is 0.0284. The maximum Gasteiger partial charge on any atom is 0.0811 e. The summed E-state index contributed by atoms with van der Waals surface area (Å²) in [5.41, 5.74) is 2.47. The van der Waals surface area contributed by atoms with Crippen molar-refractivity contribution in [1.29, 1.82) is 0 Å². The number of rotatable bonds is 7. The first-order chi connectivity index (χ1) is 14.6. The fourth-order valence-corrected chi connectivity index (χ4v) is 6.77. The highest BCUT2D eigenvalue weighted by Crippen LogP contribution is 2.60. The van der Waals surface area contributed by atoms with Gasteiger partial charge in [-0.05, 0) is 87.7 Å². The third-order valence-electron chi connectivity index (χ3n) is 8.45. The van der Waals surface area contributed by atoms with E-state index in [-0.39, 0.29) is 12.0 Å². The molecule has 0 saturated heterocycles. The Bertz CT molecular complexity index is 701. The average molecular weight is 433 g/mol. The van der Waals surface area contributed by atoms with Crippen molar-refractivity contribution in [3.63, 3.8) is 0 Å². The van der Waals surface area contributed by atoms with Crippen LogP contribution in [0.2, 0.25) is 0 Å². The summed E-state index contributed by atoms with van der Waals surface area (Å²) >= 11 is 0. The number of fused-ring (bicyclic) bond motifs is 1. The molecular weight excluding hydrogens is 388 g/mol. The lowest BCUT2D eigenvalue weighted by molar-refractivity contribution is 0.00550. The first-order valence-electron chi connectivity index (χ1n) is 12.4. The minimum atomic E-state index is -0.656. The molecule has 3 aliphatic rings. The van der Waals surface area contributed by atoms with Crippen LogP contribution < -0.4 is 0 Å². The zero-order valence-electron chi connectivity index (χ0n) is 19.8. The predicted molar refractivity (Wildman–Crippen MR) is 125 cm³/mol. The summed E-state index contributed by atoms with van der Waals surface area (Å²) < 4.78 is 0. The first kappa shape index (κ1) is 24.7. The van der Waals surface area contributed by atoms with Crippen LogP contribution in [0.3, 0.4) is 0 Å². The summed E-state index contributed by atoms with van der Waals surface area (Å²) in [5.74, 6) is 1.48. The SMILES string of the molecule is C=C1/C(=C\C=C2/CCC[C@@]3(CO)C2CC[C@@H]3[C@H](C)CCCC(C)(C)O)C[C@@H](O)CC1O. The van der Waals surface area contributed by atoms with E-state index in [0.717, 1.165) is 62.5 Å². The van der Waals surface area contributed by atoms with Crippen molar-refractivity contribution in [2.24, 2.45) is 23.2 Å². The Hall–Kier alpha value is -0.940. The molecule has 6 atom stereocenters. The van der Waals surface area contributed by atoms with Crippen LogP contribution in [0.4, 0.5) is 0 Å². The van der Waals surface area contributed by atoms with Crippen LogP contribution in [0.15, 0.2) is 35.5 Å². The fourth-order valence-electron chi connectivity index (χ4n) is 6.77. The quantitative estimate of drug-likeness (QED) is 0.471. The zero-order valence-corrected chi connectivity index (χ0v) is 19.8. The molecule has 0 aromatic rings. The molecule has 3 rings (SSSR count). The van der Waals surface area contributed by atoms with Gasteiger partial charge in [0.05, 0.1) is 17.8 Å². The van der Waals surface area contributed by atoms with Gasteiger partial charge in [-0.1, -0.05) is 44.1 Å². The van der Waals surface area contributed by atoms with Gasteiger partial charge in [0, 0.05) is 18.4 Å². The van der Waals surface area contributed by atoms with E-state index < -0.39 is 17.8 Å². The number of aliphatic hydroxyl groups excluding tert-OH is 3. The van der Waals surface area contributed by atoms with Crippen molar-refractivity contribution in [3.05, 3.63) is 35.5 Å². The summed E-state index contributed by atoms with van der Waals surface area (Å²) in [4.78, 5) is 0. The Balaban J connectivity index is 1.75. The third kappa shape index (κ3) is 5.52. The lowest BCUT2D eigenvalue weighted by Gasteiger charge is -2.46. The molecule has 4 heteroatoms. The lowest BCUT2D eigenvalue weighted by Crippen LogP contribution is -2.41. The molecule has 0 bridgehead atoms. The molecule has 0 aromatic carbocycles. The van der Waals surface area contributed by atoms with Crippen molar-refractivity contribution in [3.8, 4) is 0 Å². The minimum Gasteiger partial charge on any atom is -0.396 e. The zero-order chi connectivity index (χ0) is 22.8. The van der Waals surface area contributed by atoms with Crippen LogP contribution in [0.25, 0.3) is 0 Å². The van der Waals surface area contributed by atoms with Gasteiger partial charge in [0.2, 0.25) is 0 Å². The number of allylic oxidation sites excluding steroid dienone is 3. The van der Waals surface area contributed by atoms with Crippen molar-refractivity contribution in [1.82, 2.24) is 0 Å². The molecule has 31 heavy (non-hydrogen) atoms. The second-order valence-corrected chi connectivity index (χ2v) is 11.2. The molecule has 0 amide bonds. The van der Waals surface area contributed by atoms with Crippen molar-refractivity contribution < 1.29 is 20.4 Å². The molecular formula is C27H44O4. The molecule has 0 heterocycles. The van der Waals surface area contributed by atoms with E-state index in [4.69, 9.17) is 0 Å². The largest absolute Gasteiger partial charge is 0.396 e. The van der Waals surface area contributed by atoms with Gasteiger partial charge in [-0.15, -0.1) is 0 Å². The van der Waals surface area contributed by atoms with Crippen molar-refractivity contribution in [2.45, 2.75) is 103 Å². The Morgan fingerprint density at radius 3 is 2.65 bits per heavy atom. The van der Waals surface area contributed by atoms with Crippen molar-refractivity contribution >= 4 is 0 Å². The van der Waals surface area contributed by atoms with Crippen LogP contribution >= 0.6 is 0 Å². The Morgan fingerprint density at radius 1 is 1.23 bits per heavy atom. The van der Waals surface area contributed by atoms with Gasteiger partial charge < -0.3 is 20.4 Å². The van der Waals surface area contributed by atoms with Crippen molar-refractivity contribution in [2.75, 3.05) is 6.61 Å².